The lowest BCUT2D eigenvalue weighted by Gasteiger charge is -2.36. The van der Waals surface area contributed by atoms with E-state index in [4.69, 9.17) is 21.1 Å². The molecule has 0 aliphatic carbocycles. The summed E-state index contributed by atoms with van der Waals surface area (Å²) in [6.07, 6.45) is 1.94. The van der Waals surface area contributed by atoms with E-state index in [9.17, 15) is 9.59 Å². The number of nitrogens with zero attached hydrogens (tertiary/aromatic N) is 2. The second-order valence-electron chi connectivity index (χ2n) is 8.48. The number of carbonyl (C=O) groups excluding carboxylic acids is 2. The first-order valence-electron chi connectivity index (χ1n) is 11.1. The number of allylic oxidation sites excluding steroid dienone is 1. The third-order valence-electron chi connectivity index (χ3n) is 5.66. The van der Waals surface area contributed by atoms with Crippen molar-refractivity contribution in [3.05, 3.63) is 57.2 Å². The molecule has 176 valence electrons. The number of esters is 1. The molecule has 1 aromatic rings. The number of hydrogen-bond acceptors (Lipinski definition) is 7. The molecule has 0 saturated carbocycles. The van der Waals surface area contributed by atoms with Gasteiger partial charge in [0.05, 0.1) is 35.9 Å². The van der Waals surface area contributed by atoms with Gasteiger partial charge in [-0.15, -0.1) is 0 Å². The van der Waals surface area contributed by atoms with Gasteiger partial charge < -0.3 is 19.7 Å². The molecule has 1 amide bonds. The Balaban J connectivity index is 1.62. The first-order chi connectivity index (χ1) is 15.8. The Morgan fingerprint density at radius 1 is 1.36 bits per heavy atom. The molecule has 1 fully saturated rings. The molecule has 0 aromatic heterocycles. The number of hydrogen-bond donors (Lipinski definition) is 1. The smallest absolute Gasteiger partial charge is 0.338 e. The van der Waals surface area contributed by atoms with Crippen molar-refractivity contribution in [3.8, 4) is 0 Å². The molecule has 4 rings (SSSR count). The summed E-state index contributed by atoms with van der Waals surface area (Å²) >= 11 is 8.02. The number of carbonyl (C=O) groups is 2. The zero-order chi connectivity index (χ0) is 23.5. The lowest BCUT2D eigenvalue weighted by atomic mass is 9.93. The molecule has 7 nitrogen and oxygen atoms in total. The van der Waals surface area contributed by atoms with Gasteiger partial charge in [0.25, 0.3) is 0 Å². The van der Waals surface area contributed by atoms with Crippen LogP contribution in [0.3, 0.4) is 0 Å². The Morgan fingerprint density at radius 3 is 2.85 bits per heavy atom. The van der Waals surface area contributed by atoms with Crippen LogP contribution in [0.1, 0.15) is 51.6 Å². The van der Waals surface area contributed by atoms with E-state index in [1.54, 1.807) is 13.0 Å². The fraction of sp³-hybridized carbons (Fsp3) is 0.458. The molecule has 3 heterocycles. The van der Waals surface area contributed by atoms with Crippen molar-refractivity contribution in [1.29, 1.82) is 0 Å². The van der Waals surface area contributed by atoms with Crippen LogP contribution in [0.25, 0.3) is 0 Å². The maximum atomic E-state index is 13.1. The number of aliphatic imine (C=N–C) groups is 1. The standard InChI is InChI=1S/C24H28ClN3O4S/c1-14(2)32-23(30)21-15(3)27-24-28(22(21)18-8-4-5-9-19(18)25)16(13-33-24)11-20(29)26-12-17-7-6-10-31-17/h4-5,8-9,13-14,17,22H,6-7,10-12H2,1-3H3,(H,26,29)/t17-,22-/m1/s1. The van der Waals surface area contributed by atoms with Crippen molar-refractivity contribution >= 4 is 40.4 Å². The number of fused-ring (bicyclic) bond motifs is 1. The average Bonchev–Trinajstić information content (AvgIpc) is 3.41. The van der Waals surface area contributed by atoms with Crippen LogP contribution in [-0.2, 0) is 19.1 Å². The average molecular weight is 490 g/mol. The summed E-state index contributed by atoms with van der Waals surface area (Å²) in [7, 11) is 0. The monoisotopic (exact) mass is 489 g/mol. The van der Waals surface area contributed by atoms with Crippen LogP contribution >= 0.6 is 23.4 Å². The lowest BCUT2D eigenvalue weighted by molar-refractivity contribution is -0.143. The fourth-order valence-electron chi connectivity index (χ4n) is 4.16. The number of benzene rings is 1. The molecule has 2 atom stereocenters. The van der Waals surface area contributed by atoms with Crippen molar-refractivity contribution in [1.82, 2.24) is 10.2 Å². The second kappa shape index (κ2) is 10.3. The predicted molar refractivity (Wildman–Crippen MR) is 130 cm³/mol. The van der Waals surface area contributed by atoms with Crippen molar-refractivity contribution < 1.29 is 19.1 Å². The highest BCUT2D eigenvalue weighted by atomic mass is 35.5. The third kappa shape index (κ3) is 5.28. The number of thioether (sulfide) groups is 1. The zero-order valence-corrected chi connectivity index (χ0v) is 20.5. The topological polar surface area (TPSA) is 80.2 Å². The van der Waals surface area contributed by atoms with E-state index < -0.39 is 12.0 Å². The first-order valence-corrected chi connectivity index (χ1v) is 12.4. The highest BCUT2D eigenvalue weighted by molar-refractivity contribution is 8.16. The van der Waals surface area contributed by atoms with Crippen LogP contribution in [0.2, 0.25) is 5.02 Å². The predicted octanol–water partition coefficient (Wildman–Crippen LogP) is 4.55. The van der Waals surface area contributed by atoms with Crippen molar-refractivity contribution in [2.24, 2.45) is 4.99 Å². The molecule has 3 aliphatic rings. The summed E-state index contributed by atoms with van der Waals surface area (Å²) in [5, 5.41) is 6.13. The van der Waals surface area contributed by atoms with Crippen molar-refractivity contribution in [2.45, 2.75) is 58.3 Å². The van der Waals surface area contributed by atoms with E-state index in [-0.39, 0.29) is 24.5 Å². The SMILES string of the molecule is CC1=C(C(=O)OC(C)C)[C@@H](c2ccccc2Cl)N2C(CC(=O)NC[C@H]3CCCO3)=CSC2=N1. The Labute approximate surface area is 203 Å². The summed E-state index contributed by atoms with van der Waals surface area (Å²) in [6, 6.07) is 6.88. The highest BCUT2D eigenvalue weighted by Gasteiger charge is 2.42. The summed E-state index contributed by atoms with van der Waals surface area (Å²) in [4.78, 5) is 32.5. The normalized spacial score (nSPS) is 22.3. The quantitative estimate of drug-likeness (QED) is 0.566. The van der Waals surface area contributed by atoms with Gasteiger partial charge in [0, 0.05) is 23.9 Å². The summed E-state index contributed by atoms with van der Waals surface area (Å²) in [5.41, 5.74) is 2.53. The highest BCUT2D eigenvalue weighted by Crippen LogP contribution is 2.46. The first kappa shape index (κ1) is 23.9. The van der Waals surface area contributed by atoms with Crippen LogP contribution in [0.4, 0.5) is 0 Å². The molecule has 1 N–H and O–H groups in total. The summed E-state index contributed by atoms with van der Waals surface area (Å²) < 4.78 is 11.2. The van der Waals surface area contributed by atoms with Crippen LogP contribution in [-0.4, -0.2) is 47.3 Å². The van der Waals surface area contributed by atoms with Crippen LogP contribution in [0.5, 0.6) is 0 Å². The maximum absolute atomic E-state index is 13.1. The van der Waals surface area contributed by atoms with Gasteiger partial charge in [0.2, 0.25) is 5.91 Å². The van der Waals surface area contributed by atoms with Gasteiger partial charge in [-0.2, -0.15) is 0 Å². The number of amidine groups is 1. The molecule has 33 heavy (non-hydrogen) atoms. The van der Waals surface area contributed by atoms with Crippen molar-refractivity contribution in [3.63, 3.8) is 0 Å². The van der Waals surface area contributed by atoms with E-state index in [1.807, 2.05) is 42.4 Å². The molecule has 3 aliphatic heterocycles. The van der Waals surface area contributed by atoms with Crippen LogP contribution < -0.4 is 5.32 Å². The van der Waals surface area contributed by atoms with Crippen molar-refractivity contribution in [2.75, 3.05) is 13.2 Å². The Morgan fingerprint density at radius 2 is 2.15 bits per heavy atom. The Kier molecular flexibility index (Phi) is 7.46. The molecule has 1 saturated heterocycles. The fourth-order valence-corrected chi connectivity index (χ4v) is 5.36. The maximum Gasteiger partial charge on any atom is 0.338 e. The molecule has 0 bridgehead atoms. The minimum Gasteiger partial charge on any atom is -0.459 e. The zero-order valence-electron chi connectivity index (χ0n) is 19.0. The number of amides is 1. The van der Waals surface area contributed by atoms with Gasteiger partial charge in [-0.25, -0.2) is 9.79 Å². The molecule has 1 aromatic carbocycles. The van der Waals surface area contributed by atoms with E-state index in [0.29, 0.717) is 28.0 Å². The number of nitrogens with one attached hydrogen (secondary N) is 1. The minimum atomic E-state index is -0.537. The summed E-state index contributed by atoms with van der Waals surface area (Å²) in [6.45, 7) is 6.67. The molecular weight excluding hydrogens is 462 g/mol. The molecular formula is C24H28ClN3O4S. The molecule has 0 radical (unpaired) electrons. The number of ether oxygens (including phenoxy) is 2. The van der Waals surface area contributed by atoms with Crippen LogP contribution in [0.15, 0.2) is 51.6 Å². The largest absolute Gasteiger partial charge is 0.459 e. The number of rotatable bonds is 7. The number of halogens is 1. The van der Waals surface area contributed by atoms with E-state index in [1.165, 1.54) is 11.8 Å². The van der Waals surface area contributed by atoms with E-state index in [0.717, 1.165) is 30.7 Å². The van der Waals surface area contributed by atoms with Gasteiger partial charge in [-0.05, 0) is 50.7 Å². The second-order valence-corrected chi connectivity index (χ2v) is 9.73. The van der Waals surface area contributed by atoms with Gasteiger partial charge in [0.1, 0.15) is 0 Å². The van der Waals surface area contributed by atoms with Gasteiger partial charge in [-0.1, -0.05) is 41.6 Å². The minimum absolute atomic E-state index is 0.0758. The molecule has 0 spiro atoms. The van der Waals surface area contributed by atoms with E-state index in [2.05, 4.69) is 10.3 Å². The summed E-state index contributed by atoms with van der Waals surface area (Å²) in [5.74, 6) is -0.539. The Hall–Kier alpha value is -2.29. The van der Waals surface area contributed by atoms with Crippen LogP contribution in [0, 0.1) is 0 Å². The van der Waals surface area contributed by atoms with E-state index >= 15 is 0 Å². The van der Waals surface area contributed by atoms with Gasteiger partial charge in [0.15, 0.2) is 5.17 Å². The Bertz CT molecular complexity index is 1030. The van der Waals surface area contributed by atoms with Gasteiger partial charge in [-0.3, -0.25) is 4.79 Å². The van der Waals surface area contributed by atoms with Gasteiger partial charge >= 0.3 is 5.97 Å². The third-order valence-corrected chi connectivity index (χ3v) is 6.89. The molecule has 0 unspecified atom stereocenters. The molecule has 9 heteroatoms. The lowest BCUT2D eigenvalue weighted by Crippen LogP contribution is -2.39.